The van der Waals surface area contributed by atoms with E-state index in [1.54, 1.807) is 0 Å². The van der Waals surface area contributed by atoms with Gasteiger partial charge in [-0.1, -0.05) is 39.6 Å². The summed E-state index contributed by atoms with van der Waals surface area (Å²) in [5.74, 6) is 1.75. The van der Waals surface area contributed by atoms with Gasteiger partial charge in [0.2, 0.25) is 0 Å². The van der Waals surface area contributed by atoms with Crippen molar-refractivity contribution in [2.45, 2.75) is 34.1 Å². The lowest BCUT2D eigenvalue weighted by molar-refractivity contribution is 0.100. The summed E-state index contributed by atoms with van der Waals surface area (Å²) >= 11 is 1.90. The van der Waals surface area contributed by atoms with Gasteiger partial charge in [0, 0.05) is 13.1 Å². The minimum absolute atomic E-state index is 0.490. The third-order valence-corrected chi connectivity index (χ3v) is 4.09. The molecule has 0 radical (unpaired) electrons. The van der Waals surface area contributed by atoms with E-state index in [0.717, 1.165) is 11.8 Å². The zero-order chi connectivity index (χ0) is 10.1. The standard InChI is InChI=1S/C11H23NS/c1-9-8-12(13-5)7-6-10(9)11(2,3)4/h9-10H,6-8H2,1-5H3. The Kier molecular flexibility index (Phi) is 3.70. The van der Waals surface area contributed by atoms with Gasteiger partial charge in [0.05, 0.1) is 0 Å². The molecule has 0 bridgehead atoms. The second-order valence-electron chi connectivity index (χ2n) is 5.31. The van der Waals surface area contributed by atoms with E-state index in [1.165, 1.54) is 19.5 Å². The molecule has 1 aliphatic heterocycles. The molecule has 1 fully saturated rings. The molecule has 1 heterocycles. The molecule has 0 aliphatic carbocycles. The highest BCUT2D eigenvalue weighted by Gasteiger charge is 2.33. The summed E-state index contributed by atoms with van der Waals surface area (Å²) in [6.45, 7) is 12.1. The molecular formula is C11H23NS. The maximum absolute atomic E-state index is 2.49. The van der Waals surface area contributed by atoms with Crippen LogP contribution in [0.15, 0.2) is 0 Å². The van der Waals surface area contributed by atoms with E-state index >= 15 is 0 Å². The highest BCUT2D eigenvalue weighted by molar-refractivity contribution is 7.96. The first-order valence-corrected chi connectivity index (χ1v) is 6.42. The molecule has 1 rings (SSSR count). The van der Waals surface area contributed by atoms with Crippen molar-refractivity contribution in [3.8, 4) is 0 Å². The van der Waals surface area contributed by atoms with Crippen molar-refractivity contribution >= 4 is 11.9 Å². The molecule has 2 heteroatoms. The molecule has 78 valence electrons. The minimum atomic E-state index is 0.490. The second kappa shape index (κ2) is 4.22. The molecule has 0 aromatic rings. The maximum atomic E-state index is 2.49. The van der Waals surface area contributed by atoms with Crippen molar-refractivity contribution in [2.24, 2.45) is 17.3 Å². The Bertz CT molecular complexity index is 162. The van der Waals surface area contributed by atoms with E-state index in [-0.39, 0.29) is 0 Å². The van der Waals surface area contributed by atoms with Gasteiger partial charge in [-0.25, -0.2) is 0 Å². The van der Waals surface area contributed by atoms with Crippen LogP contribution in [0.5, 0.6) is 0 Å². The molecular weight excluding hydrogens is 178 g/mol. The molecule has 0 aromatic carbocycles. The highest BCUT2D eigenvalue weighted by Crippen LogP contribution is 2.38. The van der Waals surface area contributed by atoms with Gasteiger partial charge >= 0.3 is 0 Å². The molecule has 0 amide bonds. The Balaban J connectivity index is 2.53. The van der Waals surface area contributed by atoms with Crippen LogP contribution in [-0.2, 0) is 0 Å². The Hall–Kier alpha value is 0.310. The van der Waals surface area contributed by atoms with Crippen LogP contribution in [0.4, 0.5) is 0 Å². The molecule has 1 saturated heterocycles. The van der Waals surface area contributed by atoms with Crippen molar-refractivity contribution in [2.75, 3.05) is 19.3 Å². The lowest BCUT2D eigenvalue weighted by atomic mass is 9.70. The summed E-state index contributed by atoms with van der Waals surface area (Å²) < 4.78 is 2.49. The van der Waals surface area contributed by atoms with E-state index < -0.39 is 0 Å². The van der Waals surface area contributed by atoms with Crippen LogP contribution in [0.1, 0.15) is 34.1 Å². The first-order valence-electron chi connectivity index (χ1n) is 5.24. The fourth-order valence-corrected chi connectivity index (χ4v) is 3.23. The van der Waals surface area contributed by atoms with Gasteiger partial charge in [0.1, 0.15) is 0 Å². The first-order chi connectivity index (χ1) is 5.95. The summed E-state index contributed by atoms with van der Waals surface area (Å²) in [6, 6.07) is 0. The van der Waals surface area contributed by atoms with Crippen molar-refractivity contribution in [1.29, 1.82) is 0 Å². The Labute approximate surface area is 87.4 Å². The molecule has 0 N–H and O–H groups in total. The quantitative estimate of drug-likeness (QED) is 0.599. The van der Waals surface area contributed by atoms with Gasteiger partial charge in [-0.05, 0) is 29.9 Å². The van der Waals surface area contributed by atoms with Crippen LogP contribution >= 0.6 is 11.9 Å². The molecule has 1 nitrogen and oxygen atoms in total. The summed E-state index contributed by atoms with van der Waals surface area (Å²) in [5.41, 5.74) is 0.490. The average Bonchev–Trinajstić information content (AvgIpc) is 2.01. The number of piperidine rings is 1. The van der Waals surface area contributed by atoms with Crippen LogP contribution < -0.4 is 0 Å². The summed E-state index contributed by atoms with van der Waals surface area (Å²) in [4.78, 5) is 0. The summed E-state index contributed by atoms with van der Waals surface area (Å²) in [5, 5.41) is 0. The van der Waals surface area contributed by atoms with Gasteiger partial charge in [0.15, 0.2) is 0 Å². The lowest BCUT2D eigenvalue weighted by Crippen LogP contribution is -2.40. The normalized spacial score (nSPS) is 32.1. The first kappa shape index (κ1) is 11.4. The maximum Gasteiger partial charge on any atom is 0.0118 e. The van der Waals surface area contributed by atoms with Crippen LogP contribution in [0.2, 0.25) is 0 Å². The topological polar surface area (TPSA) is 3.24 Å². The Morgan fingerprint density at radius 3 is 2.31 bits per heavy atom. The second-order valence-corrected chi connectivity index (χ2v) is 6.19. The zero-order valence-corrected chi connectivity index (χ0v) is 10.4. The molecule has 0 spiro atoms. The molecule has 0 saturated carbocycles. The van der Waals surface area contributed by atoms with Crippen molar-refractivity contribution in [3.63, 3.8) is 0 Å². The van der Waals surface area contributed by atoms with Crippen molar-refractivity contribution in [3.05, 3.63) is 0 Å². The average molecular weight is 201 g/mol. The number of nitrogens with zero attached hydrogens (tertiary/aromatic N) is 1. The molecule has 13 heavy (non-hydrogen) atoms. The molecule has 1 aliphatic rings. The van der Waals surface area contributed by atoms with Crippen LogP contribution in [-0.4, -0.2) is 23.7 Å². The monoisotopic (exact) mass is 201 g/mol. The van der Waals surface area contributed by atoms with Gasteiger partial charge in [-0.3, -0.25) is 4.31 Å². The van der Waals surface area contributed by atoms with Gasteiger partial charge in [-0.2, -0.15) is 0 Å². The summed E-state index contributed by atoms with van der Waals surface area (Å²) in [6.07, 6.45) is 3.55. The van der Waals surface area contributed by atoms with E-state index in [2.05, 4.69) is 38.3 Å². The van der Waals surface area contributed by atoms with Crippen molar-refractivity contribution in [1.82, 2.24) is 4.31 Å². The number of hydrogen-bond acceptors (Lipinski definition) is 2. The third kappa shape index (κ3) is 2.88. The van der Waals surface area contributed by atoms with Gasteiger partial charge in [0.25, 0.3) is 0 Å². The minimum Gasteiger partial charge on any atom is -0.251 e. The molecule has 0 aromatic heterocycles. The van der Waals surface area contributed by atoms with E-state index in [0.29, 0.717) is 5.41 Å². The van der Waals surface area contributed by atoms with Gasteiger partial charge < -0.3 is 0 Å². The number of rotatable bonds is 1. The van der Waals surface area contributed by atoms with Crippen LogP contribution in [0.3, 0.4) is 0 Å². The molecule has 2 unspecified atom stereocenters. The lowest BCUT2D eigenvalue weighted by Gasteiger charge is -2.42. The van der Waals surface area contributed by atoms with Crippen molar-refractivity contribution < 1.29 is 0 Å². The smallest absolute Gasteiger partial charge is 0.0118 e. The van der Waals surface area contributed by atoms with Crippen LogP contribution in [0.25, 0.3) is 0 Å². The fraction of sp³-hybridized carbons (Fsp3) is 1.00. The van der Waals surface area contributed by atoms with Crippen LogP contribution in [0, 0.1) is 17.3 Å². The Morgan fingerprint density at radius 2 is 1.92 bits per heavy atom. The largest absolute Gasteiger partial charge is 0.251 e. The highest BCUT2D eigenvalue weighted by atomic mass is 32.2. The molecule has 2 atom stereocenters. The SMILES string of the molecule is CSN1CCC(C(C)(C)C)C(C)C1. The fourth-order valence-electron chi connectivity index (χ4n) is 2.56. The van der Waals surface area contributed by atoms with E-state index in [4.69, 9.17) is 0 Å². The van der Waals surface area contributed by atoms with E-state index in [1.807, 2.05) is 11.9 Å². The number of hydrogen-bond donors (Lipinski definition) is 0. The van der Waals surface area contributed by atoms with Gasteiger partial charge in [-0.15, -0.1) is 0 Å². The Morgan fingerprint density at radius 1 is 1.31 bits per heavy atom. The predicted molar refractivity (Wildman–Crippen MR) is 61.8 cm³/mol. The van der Waals surface area contributed by atoms with E-state index in [9.17, 15) is 0 Å². The predicted octanol–water partition coefficient (Wildman–Crippen LogP) is 3.27. The summed E-state index contributed by atoms with van der Waals surface area (Å²) in [7, 11) is 0. The third-order valence-electron chi connectivity index (χ3n) is 3.24. The zero-order valence-electron chi connectivity index (χ0n) is 9.63.